The van der Waals surface area contributed by atoms with Gasteiger partial charge in [-0.25, -0.2) is 4.98 Å². The largest absolute Gasteiger partial charge is 0.378 e. The molecule has 1 saturated heterocycles. The van der Waals surface area contributed by atoms with Crippen molar-refractivity contribution in [2.45, 2.75) is 38.3 Å². The molecule has 21 heavy (non-hydrogen) atoms. The van der Waals surface area contributed by atoms with E-state index in [1.165, 1.54) is 17.8 Å². The van der Waals surface area contributed by atoms with E-state index >= 15 is 0 Å². The topological polar surface area (TPSA) is 64.3 Å². The summed E-state index contributed by atoms with van der Waals surface area (Å²) in [6, 6.07) is 0.0334. The normalized spacial score (nSPS) is 23.6. The number of aromatic nitrogens is 3. The van der Waals surface area contributed by atoms with Crippen LogP contribution < -0.4 is 0 Å². The molecule has 6 nitrogen and oxygen atoms in total. The van der Waals surface area contributed by atoms with Crippen LogP contribution >= 0.6 is 11.3 Å². The maximum atomic E-state index is 5.58. The predicted octanol–water partition coefficient (Wildman–Crippen LogP) is 2.29. The lowest BCUT2D eigenvalue weighted by atomic mass is 10.2. The molecule has 2 fully saturated rings. The summed E-state index contributed by atoms with van der Waals surface area (Å²) in [6.45, 7) is 4.86. The van der Waals surface area contributed by atoms with Gasteiger partial charge in [-0.05, 0) is 19.8 Å². The third-order valence-electron chi connectivity index (χ3n) is 3.93. The Morgan fingerprint density at radius 1 is 1.38 bits per heavy atom. The van der Waals surface area contributed by atoms with Gasteiger partial charge < -0.3 is 9.26 Å². The van der Waals surface area contributed by atoms with Crippen LogP contribution in [0.4, 0.5) is 0 Å². The first kappa shape index (κ1) is 13.4. The zero-order chi connectivity index (χ0) is 14.2. The Bertz CT molecular complexity index is 622. The lowest BCUT2D eigenvalue weighted by Crippen LogP contribution is -2.39. The summed E-state index contributed by atoms with van der Waals surface area (Å²) in [4.78, 5) is 11.4. The molecule has 0 amide bonds. The molecule has 2 aromatic rings. The van der Waals surface area contributed by atoms with E-state index in [0.717, 1.165) is 31.3 Å². The molecular weight excluding hydrogens is 288 g/mol. The molecule has 0 N–H and O–H groups in total. The van der Waals surface area contributed by atoms with Crippen molar-refractivity contribution in [1.82, 2.24) is 20.0 Å². The van der Waals surface area contributed by atoms with Gasteiger partial charge in [0.2, 0.25) is 5.89 Å². The van der Waals surface area contributed by atoms with Crippen LogP contribution in [-0.2, 0) is 11.3 Å². The maximum Gasteiger partial charge on any atom is 0.246 e. The Kier molecular flexibility index (Phi) is 3.48. The number of rotatable bonds is 4. The average molecular weight is 306 g/mol. The second-order valence-corrected chi connectivity index (χ2v) is 6.58. The minimum atomic E-state index is 0.0334. The van der Waals surface area contributed by atoms with Crippen LogP contribution in [0.3, 0.4) is 0 Å². The van der Waals surface area contributed by atoms with E-state index in [-0.39, 0.29) is 6.04 Å². The molecule has 1 aliphatic heterocycles. The van der Waals surface area contributed by atoms with E-state index in [9.17, 15) is 0 Å². The van der Waals surface area contributed by atoms with Gasteiger partial charge in [0.1, 0.15) is 6.04 Å². The Morgan fingerprint density at radius 2 is 2.29 bits per heavy atom. The molecule has 1 aliphatic carbocycles. The molecule has 3 heterocycles. The van der Waals surface area contributed by atoms with Crippen molar-refractivity contribution in [1.29, 1.82) is 0 Å². The molecule has 0 radical (unpaired) electrons. The molecule has 0 unspecified atom stereocenters. The molecule has 2 aromatic heterocycles. The molecule has 0 aromatic carbocycles. The molecular formula is C14H18N4O2S. The maximum absolute atomic E-state index is 5.58. The first-order chi connectivity index (χ1) is 10.3. The van der Waals surface area contributed by atoms with E-state index in [2.05, 4.69) is 20.4 Å². The Morgan fingerprint density at radius 3 is 3.05 bits per heavy atom. The van der Waals surface area contributed by atoms with Gasteiger partial charge in [0.15, 0.2) is 5.82 Å². The second kappa shape index (κ2) is 5.47. The summed E-state index contributed by atoms with van der Waals surface area (Å²) < 4.78 is 10.9. The summed E-state index contributed by atoms with van der Waals surface area (Å²) >= 11 is 1.79. The minimum absolute atomic E-state index is 0.0334. The van der Waals surface area contributed by atoms with Crippen LogP contribution in [0.1, 0.15) is 47.2 Å². The monoisotopic (exact) mass is 306 g/mol. The highest BCUT2D eigenvalue weighted by Gasteiger charge is 2.31. The summed E-state index contributed by atoms with van der Waals surface area (Å²) in [6.07, 6.45) is 2.60. The fraction of sp³-hybridized carbons (Fsp3) is 0.643. The van der Waals surface area contributed by atoms with Crippen molar-refractivity contribution < 1.29 is 9.26 Å². The average Bonchev–Trinajstić information content (AvgIpc) is 3.09. The number of hydrogen-bond acceptors (Lipinski definition) is 7. The smallest absolute Gasteiger partial charge is 0.246 e. The minimum Gasteiger partial charge on any atom is -0.378 e. The van der Waals surface area contributed by atoms with Crippen LogP contribution in [0.25, 0.3) is 0 Å². The molecule has 112 valence electrons. The van der Waals surface area contributed by atoms with Crippen molar-refractivity contribution in [3.05, 3.63) is 27.8 Å². The second-order valence-electron chi connectivity index (χ2n) is 5.69. The number of morpholine rings is 1. The SMILES string of the molecule is Cc1noc([C@H]2COCCN2Cc2csc(C3CC3)n2)n1. The molecule has 1 saturated carbocycles. The zero-order valence-corrected chi connectivity index (χ0v) is 12.8. The number of ether oxygens (including phenoxy) is 1. The lowest BCUT2D eigenvalue weighted by molar-refractivity contribution is -0.0245. The van der Waals surface area contributed by atoms with Crippen LogP contribution in [0, 0.1) is 6.92 Å². The number of nitrogens with zero attached hydrogens (tertiary/aromatic N) is 4. The van der Waals surface area contributed by atoms with Crippen LogP contribution in [0.5, 0.6) is 0 Å². The quantitative estimate of drug-likeness (QED) is 0.863. The van der Waals surface area contributed by atoms with E-state index in [4.69, 9.17) is 14.2 Å². The molecule has 4 rings (SSSR count). The third kappa shape index (κ3) is 2.86. The van der Waals surface area contributed by atoms with Gasteiger partial charge in [-0.1, -0.05) is 5.16 Å². The Labute approximate surface area is 127 Å². The standard InChI is InChI=1S/C14H18N4O2S/c1-9-15-13(20-17-9)12-7-19-5-4-18(12)6-11-8-21-14(16-11)10-2-3-10/h8,10,12H,2-7H2,1H3/t12-/m1/s1. The first-order valence-corrected chi connectivity index (χ1v) is 8.24. The fourth-order valence-electron chi connectivity index (χ4n) is 2.62. The summed E-state index contributed by atoms with van der Waals surface area (Å²) in [5.74, 6) is 2.04. The lowest BCUT2D eigenvalue weighted by Gasteiger charge is -2.32. The number of hydrogen-bond donors (Lipinski definition) is 0. The van der Waals surface area contributed by atoms with E-state index in [0.29, 0.717) is 18.3 Å². The highest BCUT2D eigenvalue weighted by atomic mass is 32.1. The summed E-state index contributed by atoms with van der Waals surface area (Å²) in [5.41, 5.74) is 1.14. The molecule has 0 bridgehead atoms. The Hall–Kier alpha value is -1.31. The molecule has 2 aliphatic rings. The summed E-state index contributed by atoms with van der Waals surface area (Å²) in [7, 11) is 0. The van der Waals surface area contributed by atoms with Gasteiger partial charge in [-0.3, -0.25) is 4.90 Å². The van der Waals surface area contributed by atoms with E-state index in [1.807, 2.05) is 6.92 Å². The highest BCUT2D eigenvalue weighted by Crippen LogP contribution is 2.41. The van der Waals surface area contributed by atoms with Gasteiger partial charge in [-0.15, -0.1) is 11.3 Å². The van der Waals surface area contributed by atoms with Crippen LogP contribution in [-0.4, -0.2) is 39.8 Å². The zero-order valence-electron chi connectivity index (χ0n) is 12.0. The molecule has 0 spiro atoms. The number of aryl methyl sites for hydroxylation is 1. The summed E-state index contributed by atoms with van der Waals surface area (Å²) in [5, 5.41) is 7.36. The van der Waals surface area contributed by atoms with Crippen molar-refractivity contribution >= 4 is 11.3 Å². The third-order valence-corrected chi connectivity index (χ3v) is 4.98. The van der Waals surface area contributed by atoms with Gasteiger partial charge in [-0.2, -0.15) is 4.98 Å². The highest BCUT2D eigenvalue weighted by molar-refractivity contribution is 7.09. The predicted molar refractivity (Wildman–Crippen MR) is 77.1 cm³/mol. The van der Waals surface area contributed by atoms with Crippen molar-refractivity contribution in [2.24, 2.45) is 0 Å². The molecule has 1 atom stereocenters. The van der Waals surface area contributed by atoms with Crippen molar-refractivity contribution in [3.63, 3.8) is 0 Å². The fourth-order valence-corrected chi connectivity index (χ4v) is 3.61. The van der Waals surface area contributed by atoms with Crippen LogP contribution in [0.2, 0.25) is 0 Å². The van der Waals surface area contributed by atoms with E-state index in [1.54, 1.807) is 11.3 Å². The first-order valence-electron chi connectivity index (χ1n) is 7.36. The van der Waals surface area contributed by atoms with Crippen molar-refractivity contribution in [2.75, 3.05) is 19.8 Å². The molecule has 7 heteroatoms. The van der Waals surface area contributed by atoms with Gasteiger partial charge in [0.25, 0.3) is 0 Å². The van der Waals surface area contributed by atoms with Gasteiger partial charge in [0, 0.05) is 24.4 Å². The van der Waals surface area contributed by atoms with Gasteiger partial charge in [0.05, 0.1) is 23.9 Å². The van der Waals surface area contributed by atoms with Gasteiger partial charge >= 0.3 is 0 Å². The Balaban J connectivity index is 1.50. The van der Waals surface area contributed by atoms with E-state index < -0.39 is 0 Å². The van der Waals surface area contributed by atoms with Crippen LogP contribution in [0.15, 0.2) is 9.90 Å². The van der Waals surface area contributed by atoms with Crippen molar-refractivity contribution in [3.8, 4) is 0 Å². The number of thiazole rings is 1.